The van der Waals surface area contributed by atoms with Crippen molar-refractivity contribution in [1.82, 2.24) is 0 Å². The Morgan fingerprint density at radius 1 is 0.387 bits per heavy atom. The molecule has 0 bridgehead atoms. The summed E-state index contributed by atoms with van der Waals surface area (Å²) in [6.07, 6.45) is 24.5. The first kappa shape index (κ1) is 29.3. The fraction of sp³-hybridized carbons (Fsp3) is 0.929. The van der Waals surface area contributed by atoms with Gasteiger partial charge in [0.15, 0.2) is 0 Å². The molecule has 0 radical (unpaired) electrons. The van der Waals surface area contributed by atoms with Gasteiger partial charge in [0.1, 0.15) is 0 Å². The summed E-state index contributed by atoms with van der Waals surface area (Å²) >= 11 is 0. The maximum absolute atomic E-state index is 2.49. The second-order valence-electron chi connectivity index (χ2n) is 11.7. The van der Waals surface area contributed by atoms with Crippen molar-refractivity contribution in [1.29, 1.82) is 0 Å². The molecule has 6 aliphatic carbocycles. The van der Waals surface area contributed by atoms with Gasteiger partial charge in [-0.05, 0) is 0 Å². The molecule has 0 saturated heterocycles. The van der Waals surface area contributed by atoms with Crippen LogP contribution in [0.2, 0.25) is 0 Å². The van der Waals surface area contributed by atoms with Crippen LogP contribution in [0.5, 0.6) is 0 Å². The first-order valence-corrected chi connectivity index (χ1v) is 13.4. The predicted molar refractivity (Wildman–Crippen MR) is 120 cm³/mol. The van der Waals surface area contributed by atoms with Crippen LogP contribution in [0.15, 0.2) is 0 Å². The first-order chi connectivity index (χ1) is 13.8. The molecule has 0 aromatic carbocycles. The van der Waals surface area contributed by atoms with Crippen LogP contribution in [0, 0.1) is 59.2 Å². The molecular formula is C28H46W3. The van der Waals surface area contributed by atoms with E-state index in [9.17, 15) is 0 Å². The summed E-state index contributed by atoms with van der Waals surface area (Å²) in [6.45, 7) is 4.97. The SMILES string of the molecule is C[C-]1C2CCCCC2C2CCCCC12.C[C-]1C2CCCCC2C2CCCCC12.[W+2].[W].[W]. The molecule has 0 spiro atoms. The molecule has 6 rings (SSSR count). The van der Waals surface area contributed by atoms with Crippen molar-refractivity contribution in [2.45, 2.75) is 117 Å². The summed E-state index contributed by atoms with van der Waals surface area (Å²) in [6, 6.07) is 0. The van der Waals surface area contributed by atoms with Gasteiger partial charge in [-0.2, -0.15) is 37.5 Å². The van der Waals surface area contributed by atoms with E-state index in [-0.39, 0.29) is 63.2 Å². The average Bonchev–Trinajstić information content (AvgIpc) is 3.22. The van der Waals surface area contributed by atoms with E-state index >= 15 is 0 Å². The third-order valence-electron chi connectivity index (χ3n) is 10.7. The maximum atomic E-state index is 2.49. The third kappa shape index (κ3) is 5.90. The zero-order chi connectivity index (χ0) is 19.1. The van der Waals surface area contributed by atoms with E-state index in [1.807, 2.05) is 11.8 Å². The largest absolute Gasteiger partial charge is 2.00 e. The minimum Gasteiger partial charge on any atom is -0.310 e. The predicted octanol–water partition coefficient (Wildman–Crippen LogP) is 8.41. The topological polar surface area (TPSA) is 0 Å². The average molecular weight is 934 g/mol. The number of hydrogen-bond acceptors (Lipinski definition) is 0. The molecule has 3 heteroatoms. The zero-order valence-electron chi connectivity index (χ0n) is 20.2. The molecule has 6 fully saturated rings. The number of fused-ring (bicyclic) bond motifs is 6. The molecule has 0 nitrogen and oxygen atoms in total. The summed E-state index contributed by atoms with van der Waals surface area (Å²) in [5.41, 5.74) is 0. The monoisotopic (exact) mass is 934 g/mol. The molecule has 0 amide bonds. The molecule has 0 aromatic heterocycles. The van der Waals surface area contributed by atoms with Crippen LogP contribution in [0.3, 0.4) is 0 Å². The summed E-state index contributed by atoms with van der Waals surface area (Å²) in [5.74, 6) is 12.5. The van der Waals surface area contributed by atoms with E-state index in [4.69, 9.17) is 0 Å². The molecule has 6 aliphatic rings. The van der Waals surface area contributed by atoms with E-state index in [1.165, 1.54) is 77.0 Å². The van der Waals surface area contributed by atoms with E-state index < -0.39 is 0 Å². The summed E-state index contributed by atoms with van der Waals surface area (Å²) < 4.78 is 0. The number of hydrogen-bond donors (Lipinski definition) is 0. The summed E-state index contributed by atoms with van der Waals surface area (Å²) in [5, 5.41) is 0. The maximum Gasteiger partial charge on any atom is 2.00 e. The van der Waals surface area contributed by atoms with E-state index in [2.05, 4.69) is 13.8 Å². The van der Waals surface area contributed by atoms with Crippen LogP contribution in [-0.4, -0.2) is 0 Å². The normalized spacial score (nSPS) is 43.9. The van der Waals surface area contributed by atoms with Crippen LogP contribution in [-0.2, 0) is 63.2 Å². The Hall–Kier alpha value is 2.06. The van der Waals surface area contributed by atoms with Crippen molar-refractivity contribution in [2.75, 3.05) is 0 Å². The van der Waals surface area contributed by atoms with Crippen molar-refractivity contribution >= 4 is 0 Å². The number of rotatable bonds is 0. The quantitative estimate of drug-likeness (QED) is 0.214. The van der Waals surface area contributed by atoms with Crippen LogP contribution in [0.4, 0.5) is 0 Å². The standard InChI is InChI=1S/2C14H23.3W/c2*1-10-11-6-2-4-8-13(11)14-9-5-3-7-12(10)14;;;/h2*11-14H,2-9H2,1H3;;;/q2*-1;;;+2. The molecule has 0 N–H and O–H groups in total. The van der Waals surface area contributed by atoms with Crippen molar-refractivity contribution in [3.63, 3.8) is 0 Å². The second-order valence-corrected chi connectivity index (χ2v) is 11.7. The summed E-state index contributed by atoms with van der Waals surface area (Å²) in [4.78, 5) is 0. The minimum absolute atomic E-state index is 0. The Balaban J connectivity index is 0.000000201. The van der Waals surface area contributed by atoms with Gasteiger partial charge < -0.3 is 11.8 Å². The van der Waals surface area contributed by atoms with E-state index in [1.54, 1.807) is 25.7 Å². The first-order valence-electron chi connectivity index (χ1n) is 13.4. The molecule has 8 unspecified atom stereocenters. The van der Waals surface area contributed by atoms with Gasteiger partial charge in [0.25, 0.3) is 0 Å². The van der Waals surface area contributed by atoms with Gasteiger partial charge in [-0.3, -0.25) is 0 Å². The van der Waals surface area contributed by atoms with Crippen molar-refractivity contribution in [2.24, 2.45) is 47.3 Å². The molecule has 176 valence electrons. The van der Waals surface area contributed by atoms with Crippen molar-refractivity contribution < 1.29 is 63.2 Å². The van der Waals surface area contributed by atoms with Gasteiger partial charge >= 0.3 is 21.1 Å². The van der Waals surface area contributed by atoms with Crippen molar-refractivity contribution in [3.05, 3.63) is 11.8 Å². The van der Waals surface area contributed by atoms with Gasteiger partial charge in [-0.15, -0.1) is 0 Å². The molecule has 0 heterocycles. The Bertz CT molecular complexity index is 432. The smallest absolute Gasteiger partial charge is 0.310 e. The van der Waals surface area contributed by atoms with Crippen LogP contribution in [0.25, 0.3) is 0 Å². The third-order valence-corrected chi connectivity index (χ3v) is 10.7. The van der Waals surface area contributed by atoms with E-state index in [0.717, 1.165) is 47.3 Å². The fourth-order valence-electron chi connectivity index (χ4n) is 9.50. The Morgan fingerprint density at radius 3 is 0.806 bits per heavy atom. The molecule has 6 saturated carbocycles. The Morgan fingerprint density at radius 2 is 0.581 bits per heavy atom. The van der Waals surface area contributed by atoms with Gasteiger partial charge in [-0.25, -0.2) is 0 Å². The van der Waals surface area contributed by atoms with Crippen LogP contribution < -0.4 is 0 Å². The minimum atomic E-state index is 0. The second kappa shape index (κ2) is 13.4. The van der Waals surface area contributed by atoms with Gasteiger partial charge in [0.2, 0.25) is 0 Å². The van der Waals surface area contributed by atoms with Gasteiger partial charge in [0.05, 0.1) is 0 Å². The fourth-order valence-corrected chi connectivity index (χ4v) is 9.50. The molecule has 0 aliphatic heterocycles. The summed E-state index contributed by atoms with van der Waals surface area (Å²) in [7, 11) is 0. The van der Waals surface area contributed by atoms with Gasteiger partial charge in [0, 0.05) is 42.1 Å². The van der Waals surface area contributed by atoms with Crippen molar-refractivity contribution in [3.8, 4) is 0 Å². The Kier molecular flexibility index (Phi) is 12.7. The molecule has 31 heavy (non-hydrogen) atoms. The molecular weight excluding hydrogens is 888 g/mol. The Labute approximate surface area is 237 Å². The molecule has 8 atom stereocenters. The van der Waals surface area contributed by atoms with Crippen LogP contribution in [0.1, 0.15) is 117 Å². The zero-order valence-corrected chi connectivity index (χ0v) is 29.0. The molecule has 0 aromatic rings. The van der Waals surface area contributed by atoms with E-state index in [0.29, 0.717) is 0 Å². The van der Waals surface area contributed by atoms with Crippen LogP contribution >= 0.6 is 0 Å². The van der Waals surface area contributed by atoms with Gasteiger partial charge in [-0.1, -0.05) is 126 Å².